The lowest BCUT2D eigenvalue weighted by molar-refractivity contribution is -0.145. The minimum atomic E-state index is -0.520. The molecule has 7 heteroatoms. The Bertz CT molecular complexity index is 739. The molecule has 0 unspecified atom stereocenters. The zero-order valence-electron chi connectivity index (χ0n) is 14.6. The molecule has 4 rings (SSSR count). The molecule has 1 saturated carbocycles. The number of hydrogen-bond acceptors (Lipinski definition) is 2. The first-order chi connectivity index (χ1) is 12.5. The van der Waals surface area contributed by atoms with Crippen molar-refractivity contribution in [2.24, 2.45) is 11.3 Å². The molecular formula is C19H23ClFN3O2. The van der Waals surface area contributed by atoms with E-state index in [1.807, 2.05) is 4.90 Å². The molecule has 1 aromatic rings. The summed E-state index contributed by atoms with van der Waals surface area (Å²) in [5.41, 5.74) is 0.0259. The number of carbonyl (C=O) groups is 2. The smallest absolute Gasteiger partial charge is 0.321 e. The van der Waals surface area contributed by atoms with Crippen LogP contribution >= 0.6 is 11.6 Å². The number of amides is 3. The van der Waals surface area contributed by atoms with Gasteiger partial charge in [-0.2, -0.15) is 0 Å². The Morgan fingerprint density at radius 2 is 2.12 bits per heavy atom. The van der Waals surface area contributed by atoms with Crippen molar-refractivity contribution in [3.63, 3.8) is 0 Å². The van der Waals surface area contributed by atoms with Gasteiger partial charge in [-0.25, -0.2) is 9.18 Å². The van der Waals surface area contributed by atoms with Crippen LogP contribution in [-0.2, 0) is 4.79 Å². The number of hydrogen-bond donors (Lipinski definition) is 1. The minimum absolute atomic E-state index is 0.0288. The molecule has 1 spiro atoms. The Morgan fingerprint density at radius 3 is 2.85 bits per heavy atom. The molecule has 140 valence electrons. The van der Waals surface area contributed by atoms with Crippen molar-refractivity contribution >= 4 is 29.2 Å². The first-order valence-electron chi connectivity index (χ1n) is 9.27. The maximum absolute atomic E-state index is 13.3. The van der Waals surface area contributed by atoms with Crippen molar-refractivity contribution in [2.75, 3.05) is 31.5 Å². The van der Waals surface area contributed by atoms with E-state index < -0.39 is 11.2 Å². The summed E-state index contributed by atoms with van der Waals surface area (Å²) in [5.74, 6) is 0.377. The molecule has 0 aromatic heterocycles. The molecular weight excluding hydrogens is 357 g/mol. The van der Waals surface area contributed by atoms with Gasteiger partial charge in [-0.05, 0) is 56.2 Å². The van der Waals surface area contributed by atoms with E-state index in [1.165, 1.54) is 31.0 Å². The maximum Gasteiger partial charge on any atom is 0.321 e. The van der Waals surface area contributed by atoms with Crippen LogP contribution in [0.4, 0.5) is 14.9 Å². The first-order valence-corrected chi connectivity index (χ1v) is 9.65. The Balaban J connectivity index is 1.41. The Hall–Kier alpha value is -1.82. The van der Waals surface area contributed by atoms with Gasteiger partial charge < -0.3 is 15.1 Å². The summed E-state index contributed by atoms with van der Waals surface area (Å²) >= 11 is 5.77. The predicted octanol–water partition coefficient (Wildman–Crippen LogP) is 3.74. The van der Waals surface area contributed by atoms with E-state index in [1.54, 1.807) is 4.90 Å². The number of carbonyl (C=O) groups excluding carboxylic acids is 2. The van der Waals surface area contributed by atoms with Crippen LogP contribution in [0.2, 0.25) is 5.02 Å². The number of urea groups is 1. The van der Waals surface area contributed by atoms with E-state index in [9.17, 15) is 14.0 Å². The Kier molecular flexibility index (Phi) is 4.55. The Labute approximate surface area is 157 Å². The molecule has 2 heterocycles. The van der Waals surface area contributed by atoms with E-state index in [-0.39, 0.29) is 17.0 Å². The highest BCUT2D eigenvalue weighted by Crippen LogP contribution is 2.41. The highest BCUT2D eigenvalue weighted by molar-refractivity contribution is 6.31. The SMILES string of the molecule is O=C(Nc1ccc(F)c(Cl)c1)N1CC[C@]2(CCCN(CC3CC3)C2=O)C1. The molecule has 1 aliphatic carbocycles. The van der Waals surface area contributed by atoms with Crippen LogP contribution in [0.15, 0.2) is 18.2 Å². The summed E-state index contributed by atoms with van der Waals surface area (Å²) in [6.45, 7) is 2.73. The summed E-state index contributed by atoms with van der Waals surface area (Å²) in [6, 6.07) is 3.83. The fraction of sp³-hybridized carbons (Fsp3) is 0.579. The molecule has 1 N–H and O–H groups in total. The number of nitrogens with zero attached hydrogens (tertiary/aromatic N) is 2. The van der Waals surface area contributed by atoms with Crippen LogP contribution in [0.1, 0.15) is 32.1 Å². The van der Waals surface area contributed by atoms with Crippen LogP contribution in [0, 0.1) is 17.2 Å². The molecule has 1 atom stereocenters. The lowest BCUT2D eigenvalue weighted by Gasteiger charge is -2.39. The molecule has 26 heavy (non-hydrogen) atoms. The molecule has 2 aliphatic heterocycles. The number of benzene rings is 1. The average molecular weight is 380 g/mol. The van der Waals surface area contributed by atoms with E-state index in [0.717, 1.165) is 25.9 Å². The maximum atomic E-state index is 13.3. The lowest BCUT2D eigenvalue weighted by Crippen LogP contribution is -2.51. The molecule has 3 aliphatic rings. The van der Waals surface area contributed by atoms with Gasteiger partial charge >= 0.3 is 6.03 Å². The van der Waals surface area contributed by atoms with Gasteiger partial charge in [-0.15, -0.1) is 0 Å². The van der Waals surface area contributed by atoms with Gasteiger partial charge in [0.05, 0.1) is 10.4 Å². The van der Waals surface area contributed by atoms with Gasteiger partial charge in [0.25, 0.3) is 0 Å². The fourth-order valence-corrected chi connectivity index (χ4v) is 4.32. The fourth-order valence-electron chi connectivity index (χ4n) is 4.14. The summed E-state index contributed by atoms with van der Waals surface area (Å²) in [6.07, 6.45) is 5.02. The number of rotatable bonds is 3. The highest BCUT2D eigenvalue weighted by atomic mass is 35.5. The molecule has 1 aromatic carbocycles. The molecule has 5 nitrogen and oxygen atoms in total. The summed E-state index contributed by atoms with van der Waals surface area (Å²) in [7, 11) is 0. The third-order valence-electron chi connectivity index (χ3n) is 5.81. The standard InChI is InChI=1S/C19H23ClFN3O2/c20-15-10-14(4-5-16(15)21)22-18(26)24-9-7-19(12-24)6-1-8-23(17(19)25)11-13-2-3-13/h4-5,10,13H,1-3,6-9,11-12H2,(H,22,26)/t19-/m1/s1. The highest BCUT2D eigenvalue weighted by Gasteiger charge is 2.49. The molecule has 3 fully saturated rings. The summed E-state index contributed by atoms with van der Waals surface area (Å²) < 4.78 is 13.3. The van der Waals surface area contributed by atoms with Crippen LogP contribution in [-0.4, -0.2) is 47.9 Å². The van der Waals surface area contributed by atoms with Gasteiger partial charge in [0.2, 0.25) is 5.91 Å². The second-order valence-corrected chi connectivity index (χ2v) is 8.22. The number of piperidine rings is 1. The number of anilines is 1. The van der Waals surface area contributed by atoms with E-state index in [4.69, 9.17) is 11.6 Å². The average Bonchev–Trinajstić information content (AvgIpc) is 3.33. The van der Waals surface area contributed by atoms with Crippen molar-refractivity contribution in [1.82, 2.24) is 9.80 Å². The monoisotopic (exact) mass is 379 g/mol. The van der Waals surface area contributed by atoms with E-state index in [2.05, 4.69) is 5.32 Å². The van der Waals surface area contributed by atoms with Gasteiger partial charge in [0.1, 0.15) is 5.82 Å². The first kappa shape index (κ1) is 17.6. The van der Waals surface area contributed by atoms with Crippen LogP contribution < -0.4 is 5.32 Å². The second-order valence-electron chi connectivity index (χ2n) is 7.81. The third-order valence-corrected chi connectivity index (χ3v) is 6.10. The van der Waals surface area contributed by atoms with Gasteiger partial charge in [0, 0.05) is 31.9 Å². The van der Waals surface area contributed by atoms with Crippen LogP contribution in [0.5, 0.6) is 0 Å². The minimum Gasteiger partial charge on any atom is -0.342 e. The predicted molar refractivity (Wildman–Crippen MR) is 97.6 cm³/mol. The molecule has 0 radical (unpaired) electrons. The van der Waals surface area contributed by atoms with Crippen LogP contribution in [0.3, 0.4) is 0 Å². The van der Waals surface area contributed by atoms with Crippen LogP contribution in [0.25, 0.3) is 0 Å². The second kappa shape index (κ2) is 6.72. The quantitative estimate of drug-likeness (QED) is 0.869. The third kappa shape index (κ3) is 3.39. The normalized spacial score (nSPS) is 25.8. The number of halogens is 2. The van der Waals surface area contributed by atoms with Crippen molar-refractivity contribution in [3.8, 4) is 0 Å². The lowest BCUT2D eigenvalue weighted by atomic mass is 9.78. The van der Waals surface area contributed by atoms with Crippen molar-refractivity contribution in [2.45, 2.75) is 32.1 Å². The van der Waals surface area contributed by atoms with Gasteiger partial charge in [-0.1, -0.05) is 11.6 Å². The van der Waals surface area contributed by atoms with Gasteiger partial charge in [0.15, 0.2) is 0 Å². The summed E-state index contributed by atoms with van der Waals surface area (Å²) in [5, 5.41) is 2.72. The van der Waals surface area contributed by atoms with Crippen molar-refractivity contribution < 1.29 is 14.0 Å². The van der Waals surface area contributed by atoms with E-state index in [0.29, 0.717) is 31.1 Å². The van der Waals surface area contributed by atoms with Crippen molar-refractivity contribution in [1.29, 1.82) is 0 Å². The zero-order valence-corrected chi connectivity index (χ0v) is 15.4. The molecule has 0 bridgehead atoms. The summed E-state index contributed by atoms with van der Waals surface area (Å²) in [4.78, 5) is 29.3. The Morgan fingerprint density at radius 1 is 1.31 bits per heavy atom. The topological polar surface area (TPSA) is 52.7 Å². The molecule has 2 saturated heterocycles. The molecule has 3 amide bonds. The van der Waals surface area contributed by atoms with Gasteiger partial charge in [-0.3, -0.25) is 4.79 Å². The zero-order chi connectivity index (χ0) is 18.3. The number of nitrogens with one attached hydrogen (secondary N) is 1. The largest absolute Gasteiger partial charge is 0.342 e. The van der Waals surface area contributed by atoms with E-state index >= 15 is 0 Å². The number of likely N-dealkylation sites (tertiary alicyclic amines) is 2. The van der Waals surface area contributed by atoms with Crippen molar-refractivity contribution in [3.05, 3.63) is 29.0 Å².